The summed E-state index contributed by atoms with van der Waals surface area (Å²) in [5.41, 5.74) is 3.68. The van der Waals surface area contributed by atoms with Gasteiger partial charge in [0.25, 0.3) is 0 Å². The molecule has 0 aliphatic carbocycles. The Kier molecular flexibility index (Phi) is 6.67. The number of aromatic nitrogens is 3. The molecule has 2 aromatic heterocycles. The van der Waals surface area contributed by atoms with Gasteiger partial charge < -0.3 is 10.1 Å². The summed E-state index contributed by atoms with van der Waals surface area (Å²) < 4.78 is 31.7. The summed E-state index contributed by atoms with van der Waals surface area (Å²) in [6.45, 7) is 4.78. The van der Waals surface area contributed by atoms with Crippen LogP contribution in [0.15, 0.2) is 48.7 Å². The van der Waals surface area contributed by atoms with Crippen molar-refractivity contribution in [1.82, 2.24) is 19.3 Å². The zero-order chi connectivity index (χ0) is 26.2. The number of hydrogen-bond acceptors (Lipinski definition) is 8. The highest BCUT2D eigenvalue weighted by Gasteiger charge is 2.27. The molecule has 37 heavy (non-hydrogen) atoms. The number of anilines is 1. The summed E-state index contributed by atoms with van der Waals surface area (Å²) in [5, 5.41) is 14.8. The lowest BCUT2D eigenvalue weighted by Crippen LogP contribution is -2.41. The predicted molar refractivity (Wildman–Crippen MR) is 143 cm³/mol. The second kappa shape index (κ2) is 9.92. The fourth-order valence-corrected chi connectivity index (χ4v) is 5.59. The van der Waals surface area contributed by atoms with Crippen LogP contribution in [0.1, 0.15) is 42.8 Å². The van der Waals surface area contributed by atoms with E-state index in [1.807, 2.05) is 56.3 Å². The van der Waals surface area contributed by atoms with Crippen molar-refractivity contribution in [2.75, 3.05) is 24.7 Å². The third-order valence-corrected chi connectivity index (χ3v) is 8.01. The van der Waals surface area contributed by atoms with Crippen LogP contribution in [0.2, 0.25) is 0 Å². The van der Waals surface area contributed by atoms with Crippen molar-refractivity contribution in [2.24, 2.45) is 0 Å². The van der Waals surface area contributed by atoms with E-state index in [0.29, 0.717) is 48.9 Å². The van der Waals surface area contributed by atoms with Gasteiger partial charge in [0.2, 0.25) is 15.9 Å². The Hall–Kier alpha value is -3.81. The van der Waals surface area contributed by atoms with Gasteiger partial charge in [-0.2, -0.15) is 10.2 Å². The number of ether oxygens (including phenoxy) is 1. The van der Waals surface area contributed by atoms with Gasteiger partial charge in [0.05, 0.1) is 40.0 Å². The SMILES string of the molecule is Cc1cccc2nc([C@H](C)Nc3c(C#N)cnc4ccccc34)nc(OC3CCN(S(C)(=O)=O)CC3)c12. The Balaban J connectivity index is 1.48. The lowest BCUT2D eigenvalue weighted by Gasteiger charge is -2.30. The average molecular weight is 517 g/mol. The Morgan fingerprint density at radius 3 is 2.57 bits per heavy atom. The topological polar surface area (TPSA) is 121 Å². The van der Waals surface area contributed by atoms with Gasteiger partial charge in [-0.15, -0.1) is 0 Å². The zero-order valence-electron chi connectivity index (χ0n) is 21.0. The minimum Gasteiger partial charge on any atom is -0.474 e. The van der Waals surface area contributed by atoms with Gasteiger partial charge in [0.1, 0.15) is 12.2 Å². The number of aryl methyl sites for hydroxylation is 1. The van der Waals surface area contributed by atoms with E-state index in [2.05, 4.69) is 16.4 Å². The molecule has 1 aliphatic rings. The van der Waals surface area contributed by atoms with Crippen LogP contribution in [-0.4, -0.2) is 53.1 Å². The number of pyridine rings is 1. The summed E-state index contributed by atoms with van der Waals surface area (Å²) >= 11 is 0. The summed E-state index contributed by atoms with van der Waals surface area (Å²) in [4.78, 5) is 14.0. The Morgan fingerprint density at radius 2 is 1.84 bits per heavy atom. The number of nitriles is 1. The van der Waals surface area contributed by atoms with E-state index in [9.17, 15) is 13.7 Å². The molecule has 9 nitrogen and oxygen atoms in total. The Labute approximate surface area is 216 Å². The number of nitrogens with zero attached hydrogens (tertiary/aromatic N) is 5. The Morgan fingerprint density at radius 1 is 1.11 bits per heavy atom. The van der Waals surface area contributed by atoms with Gasteiger partial charge in [-0.05, 0) is 44.4 Å². The second-order valence-electron chi connectivity index (χ2n) is 9.38. The molecule has 0 bridgehead atoms. The number of piperidine rings is 1. The van der Waals surface area contributed by atoms with Crippen molar-refractivity contribution < 1.29 is 13.2 Å². The van der Waals surface area contributed by atoms with Crippen molar-refractivity contribution in [3.63, 3.8) is 0 Å². The normalized spacial score (nSPS) is 15.9. The number of rotatable bonds is 6. The number of benzene rings is 2. The molecule has 4 aromatic rings. The lowest BCUT2D eigenvalue weighted by atomic mass is 10.1. The van der Waals surface area contributed by atoms with E-state index in [1.54, 1.807) is 6.20 Å². The first-order chi connectivity index (χ1) is 17.7. The lowest BCUT2D eigenvalue weighted by molar-refractivity contribution is 0.131. The van der Waals surface area contributed by atoms with Gasteiger partial charge >= 0.3 is 0 Å². The first kappa shape index (κ1) is 24.9. The van der Waals surface area contributed by atoms with E-state index in [4.69, 9.17) is 14.7 Å². The molecule has 3 heterocycles. The van der Waals surface area contributed by atoms with Crippen LogP contribution in [-0.2, 0) is 10.0 Å². The molecule has 0 radical (unpaired) electrons. The molecule has 1 saturated heterocycles. The quantitative estimate of drug-likeness (QED) is 0.402. The van der Waals surface area contributed by atoms with Gasteiger partial charge in [0, 0.05) is 24.7 Å². The van der Waals surface area contributed by atoms with Gasteiger partial charge in [-0.1, -0.05) is 30.3 Å². The maximum atomic E-state index is 11.9. The second-order valence-corrected chi connectivity index (χ2v) is 11.4. The maximum absolute atomic E-state index is 11.9. The first-order valence-corrected chi connectivity index (χ1v) is 14.0. The highest BCUT2D eigenvalue weighted by Crippen LogP contribution is 2.32. The number of hydrogen-bond donors (Lipinski definition) is 1. The summed E-state index contributed by atoms with van der Waals surface area (Å²) in [6, 6.07) is 15.4. The van der Waals surface area contributed by atoms with E-state index in [1.165, 1.54) is 10.6 Å². The third-order valence-electron chi connectivity index (χ3n) is 6.71. The number of sulfonamides is 1. The van der Waals surface area contributed by atoms with E-state index < -0.39 is 10.0 Å². The van der Waals surface area contributed by atoms with Crippen LogP contribution < -0.4 is 10.1 Å². The average Bonchev–Trinajstić information content (AvgIpc) is 2.88. The first-order valence-electron chi connectivity index (χ1n) is 12.2. The van der Waals surface area contributed by atoms with Crippen LogP contribution in [0.5, 0.6) is 5.88 Å². The summed E-state index contributed by atoms with van der Waals surface area (Å²) in [5.74, 6) is 1.02. The number of para-hydroxylation sites is 1. The van der Waals surface area contributed by atoms with Gasteiger partial charge in [0.15, 0.2) is 5.82 Å². The minimum atomic E-state index is -3.22. The van der Waals surface area contributed by atoms with E-state index in [-0.39, 0.29) is 12.1 Å². The van der Waals surface area contributed by atoms with Crippen molar-refractivity contribution >= 4 is 37.5 Å². The molecule has 1 aliphatic heterocycles. The molecule has 2 aromatic carbocycles. The molecular weight excluding hydrogens is 488 g/mol. The van der Waals surface area contributed by atoms with Crippen LogP contribution in [0.4, 0.5) is 5.69 Å². The molecule has 10 heteroatoms. The van der Waals surface area contributed by atoms with Crippen LogP contribution >= 0.6 is 0 Å². The highest BCUT2D eigenvalue weighted by atomic mass is 32.2. The minimum absolute atomic E-state index is 0.152. The molecule has 0 spiro atoms. The molecule has 0 saturated carbocycles. The molecule has 0 unspecified atom stereocenters. The summed E-state index contributed by atoms with van der Waals surface area (Å²) in [7, 11) is -3.22. The number of fused-ring (bicyclic) bond motifs is 2. The van der Waals surface area contributed by atoms with Crippen LogP contribution in [0.25, 0.3) is 21.8 Å². The molecular formula is C27H28N6O3S. The fourth-order valence-electron chi connectivity index (χ4n) is 4.71. The largest absolute Gasteiger partial charge is 0.474 e. The van der Waals surface area contributed by atoms with Crippen molar-refractivity contribution in [2.45, 2.75) is 38.8 Å². The van der Waals surface area contributed by atoms with Gasteiger partial charge in [-0.25, -0.2) is 17.7 Å². The molecule has 5 rings (SSSR count). The molecule has 190 valence electrons. The Bertz CT molecular complexity index is 1630. The van der Waals surface area contributed by atoms with E-state index >= 15 is 0 Å². The van der Waals surface area contributed by atoms with Crippen molar-refractivity contribution in [3.8, 4) is 11.9 Å². The smallest absolute Gasteiger partial charge is 0.225 e. The summed E-state index contributed by atoms with van der Waals surface area (Å²) in [6.07, 6.45) is 3.82. The molecule has 1 fully saturated rings. The standard InChI is InChI=1S/C27H28N6O3S/c1-17-7-6-10-23-24(17)27(36-20-11-13-33(14-12-20)37(3,34)35)32-26(31-23)18(2)30-25-19(15-28)16-29-22-9-5-4-8-21(22)25/h4-10,16,18,20H,11-14H2,1-3H3,(H,29,30)/t18-/m0/s1. The third kappa shape index (κ3) is 5.05. The molecule has 0 amide bonds. The molecule has 1 atom stereocenters. The van der Waals surface area contributed by atoms with Crippen LogP contribution in [0, 0.1) is 18.3 Å². The molecule has 1 N–H and O–H groups in total. The monoisotopic (exact) mass is 516 g/mol. The predicted octanol–water partition coefficient (Wildman–Crippen LogP) is 4.33. The van der Waals surface area contributed by atoms with Crippen molar-refractivity contribution in [1.29, 1.82) is 5.26 Å². The van der Waals surface area contributed by atoms with Crippen LogP contribution in [0.3, 0.4) is 0 Å². The fraction of sp³-hybridized carbons (Fsp3) is 0.333. The number of nitrogens with one attached hydrogen (secondary N) is 1. The maximum Gasteiger partial charge on any atom is 0.225 e. The highest BCUT2D eigenvalue weighted by molar-refractivity contribution is 7.88. The van der Waals surface area contributed by atoms with E-state index in [0.717, 1.165) is 27.4 Å². The zero-order valence-corrected chi connectivity index (χ0v) is 21.8. The van der Waals surface area contributed by atoms with Crippen molar-refractivity contribution in [3.05, 3.63) is 65.6 Å². The van der Waals surface area contributed by atoms with Gasteiger partial charge in [-0.3, -0.25) is 4.98 Å².